The fraction of sp³-hybridized carbons (Fsp3) is 0.500. The van der Waals surface area contributed by atoms with Crippen LogP contribution in [0.1, 0.15) is 143 Å². The zero-order valence-electron chi connectivity index (χ0n) is 35.1. The normalized spacial score (nSPS) is 13.4. The number of carbonyl (C=O) groups excluding carboxylic acids is 3. The van der Waals surface area contributed by atoms with Gasteiger partial charge in [-0.15, -0.1) is 0 Å². The van der Waals surface area contributed by atoms with Crippen molar-refractivity contribution in [2.24, 2.45) is 0 Å². The van der Waals surface area contributed by atoms with Gasteiger partial charge in [-0.2, -0.15) is 0 Å². The van der Waals surface area contributed by atoms with Crippen molar-refractivity contribution >= 4 is 17.9 Å². The summed E-state index contributed by atoms with van der Waals surface area (Å²) in [6, 6.07) is 0. The van der Waals surface area contributed by atoms with Crippen molar-refractivity contribution in [2.45, 2.75) is 149 Å². The molecule has 0 fully saturated rings. The van der Waals surface area contributed by atoms with Crippen LogP contribution in [0.3, 0.4) is 0 Å². The standard InChI is InChI=1S/C50H74O6/c1-4-7-10-13-16-19-22-25-28-31-34-37-40-43-49(52)55-46-47(45-54-48(51)42-39-36-33-30-27-24-21-18-15-12-9-6-3)56-50(53)44-41-38-35-32-29-26-23-20-17-14-11-8-5-2/h7-14,16-23,25,27-28,30-31,34,47H,4-6,15,24,26,29,32-33,35-46H2,1-3H3/b10-7-,11-8-,12-9-,16-13-,17-14-,21-18-,22-19-,23-20-,28-25-,30-27-,34-31-. The molecule has 0 aromatic rings. The zero-order valence-corrected chi connectivity index (χ0v) is 35.1. The number of esters is 3. The third-order valence-electron chi connectivity index (χ3n) is 8.07. The minimum absolute atomic E-state index is 0.135. The summed E-state index contributed by atoms with van der Waals surface area (Å²) < 4.78 is 16.5. The van der Waals surface area contributed by atoms with E-state index in [9.17, 15) is 14.4 Å². The van der Waals surface area contributed by atoms with E-state index in [1.807, 2.05) is 66.8 Å². The van der Waals surface area contributed by atoms with Crippen LogP contribution in [0.5, 0.6) is 0 Å². The zero-order chi connectivity index (χ0) is 40.8. The molecule has 0 aliphatic rings. The van der Waals surface area contributed by atoms with Crippen LogP contribution >= 0.6 is 0 Å². The van der Waals surface area contributed by atoms with Gasteiger partial charge in [0.25, 0.3) is 0 Å². The second kappa shape index (κ2) is 43.3. The Labute approximate surface area is 341 Å². The van der Waals surface area contributed by atoms with Gasteiger partial charge in [-0.3, -0.25) is 14.4 Å². The summed E-state index contributed by atoms with van der Waals surface area (Å²) in [6.45, 7) is 6.07. The molecule has 0 amide bonds. The monoisotopic (exact) mass is 771 g/mol. The first kappa shape index (κ1) is 51.5. The lowest BCUT2D eigenvalue weighted by Gasteiger charge is -2.18. The quantitative estimate of drug-likeness (QED) is 0.0210. The van der Waals surface area contributed by atoms with Crippen molar-refractivity contribution in [1.29, 1.82) is 0 Å². The molecular weight excluding hydrogens is 697 g/mol. The second-order valence-electron chi connectivity index (χ2n) is 13.3. The maximum Gasteiger partial charge on any atom is 0.306 e. The smallest absolute Gasteiger partial charge is 0.306 e. The summed E-state index contributed by atoms with van der Waals surface area (Å²) >= 11 is 0. The van der Waals surface area contributed by atoms with Crippen LogP contribution in [0.4, 0.5) is 0 Å². The van der Waals surface area contributed by atoms with Crippen molar-refractivity contribution in [2.75, 3.05) is 13.2 Å². The van der Waals surface area contributed by atoms with Gasteiger partial charge in [0, 0.05) is 19.3 Å². The molecular formula is C50H74O6. The van der Waals surface area contributed by atoms with E-state index < -0.39 is 6.10 Å². The number of rotatable bonds is 35. The van der Waals surface area contributed by atoms with Crippen LogP contribution in [0.25, 0.3) is 0 Å². The van der Waals surface area contributed by atoms with Crippen LogP contribution in [0, 0.1) is 0 Å². The van der Waals surface area contributed by atoms with Crippen molar-refractivity contribution < 1.29 is 28.6 Å². The van der Waals surface area contributed by atoms with Gasteiger partial charge in [0.2, 0.25) is 0 Å². The predicted octanol–water partition coefficient (Wildman–Crippen LogP) is 13.6. The molecule has 0 radical (unpaired) electrons. The van der Waals surface area contributed by atoms with E-state index in [1.165, 1.54) is 0 Å². The number of ether oxygens (including phenoxy) is 3. The molecule has 0 rings (SSSR count). The number of carbonyl (C=O) groups is 3. The van der Waals surface area contributed by atoms with E-state index in [4.69, 9.17) is 14.2 Å². The van der Waals surface area contributed by atoms with E-state index in [0.29, 0.717) is 12.8 Å². The van der Waals surface area contributed by atoms with E-state index in [-0.39, 0.29) is 50.4 Å². The minimum Gasteiger partial charge on any atom is -0.462 e. The molecule has 0 heterocycles. The van der Waals surface area contributed by atoms with Crippen molar-refractivity contribution in [3.05, 3.63) is 134 Å². The average Bonchev–Trinajstić information content (AvgIpc) is 3.19. The molecule has 0 saturated heterocycles. The summed E-state index contributed by atoms with van der Waals surface area (Å²) in [6.07, 6.45) is 60.2. The highest BCUT2D eigenvalue weighted by Gasteiger charge is 2.19. The largest absolute Gasteiger partial charge is 0.462 e. The molecule has 310 valence electrons. The molecule has 0 N–H and O–H groups in total. The molecule has 6 heteroatoms. The lowest BCUT2D eigenvalue weighted by Crippen LogP contribution is -2.30. The number of unbranched alkanes of at least 4 members (excludes halogenated alkanes) is 8. The lowest BCUT2D eigenvalue weighted by atomic mass is 10.1. The fourth-order valence-electron chi connectivity index (χ4n) is 4.95. The van der Waals surface area contributed by atoms with Gasteiger partial charge in [-0.05, 0) is 83.5 Å². The third kappa shape index (κ3) is 40.7. The molecule has 0 saturated carbocycles. The van der Waals surface area contributed by atoms with Gasteiger partial charge < -0.3 is 14.2 Å². The fourth-order valence-corrected chi connectivity index (χ4v) is 4.95. The van der Waals surface area contributed by atoms with Crippen LogP contribution in [0.2, 0.25) is 0 Å². The molecule has 1 unspecified atom stereocenters. The van der Waals surface area contributed by atoms with Crippen LogP contribution < -0.4 is 0 Å². The summed E-state index contributed by atoms with van der Waals surface area (Å²) in [7, 11) is 0. The van der Waals surface area contributed by atoms with Gasteiger partial charge in [-0.1, -0.05) is 174 Å². The lowest BCUT2D eigenvalue weighted by molar-refractivity contribution is -0.167. The Balaban J connectivity index is 4.64. The van der Waals surface area contributed by atoms with Gasteiger partial charge in [0.15, 0.2) is 6.10 Å². The summed E-state index contributed by atoms with van der Waals surface area (Å²) in [5.41, 5.74) is 0. The summed E-state index contributed by atoms with van der Waals surface area (Å²) in [5, 5.41) is 0. The highest BCUT2D eigenvalue weighted by molar-refractivity contribution is 5.71. The summed E-state index contributed by atoms with van der Waals surface area (Å²) in [4.78, 5) is 37.6. The number of hydrogen-bond acceptors (Lipinski definition) is 6. The van der Waals surface area contributed by atoms with Crippen molar-refractivity contribution in [3.63, 3.8) is 0 Å². The van der Waals surface area contributed by atoms with Gasteiger partial charge in [-0.25, -0.2) is 0 Å². The van der Waals surface area contributed by atoms with E-state index in [1.54, 1.807) is 0 Å². The Morgan fingerprint density at radius 2 is 0.750 bits per heavy atom. The first-order chi connectivity index (χ1) is 27.5. The van der Waals surface area contributed by atoms with Crippen LogP contribution in [-0.2, 0) is 28.6 Å². The molecule has 56 heavy (non-hydrogen) atoms. The molecule has 0 aliphatic carbocycles. The minimum atomic E-state index is -0.835. The second-order valence-corrected chi connectivity index (χ2v) is 13.3. The molecule has 0 spiro atoms. The van der Waals surface area contributed by atoms with Gasteiger partial charge in [0.1, 0.15) is 13.2 Å². The number of allylic oxidation sites excluding steroid dienone is 22. The van der Waals surface area contributed by atoms with Crippen LogP contribution in [0.15, 0.2) is 134 Å². The third-order valence-corrected chi connectivity index (χ3v) is 8.07. The van der Waals surface area contributed by atoms with Crippen LogP contribution in [-0.4, -0.2) is 37.2 Å². The molecule has 0 bridgehead atoms. The first-order valence-electron chi connectivity index (χ1n) is 21.3. The Morgan fingerprint density at radius 1 is 0.375 bits per heavy atom. The molecule has 6 nitrogen and oxygen atoms in total. The highest BCUT2D eigenvalue weighted by Crippen LogP contribution is 2.11. The first-order valence-corrected chi connectivity index (χ1v) is 21.3. The van der Waals surface area contributed by atoms with Gasteiger partial charge in [0.05, 0.1) is 0 Å². The topological polar surface area (TPSA) is 78.9 Å². The van der Waals surface area contributed by atoms with Crippen molar-refractivity contribution in [3.8, 4) is 0 Å². The maximum absolute atomic E-state index is 12.7. The molecule has 1 atom stereocenters. The maximum atomic E-state index is 12.7. The Morgan fingerprint density at radius 3 is 1.32 bits per heavy atom. The molecule has 0 aromatic heterocycles. The Hall–Kier alpha value is -4.45. The number of hydrogen-bond donors (Lipinski definition) is 0. The van der Waals surface area contributed by atoms with Crippen molar-refractivity contribution in [1.82, 2.24) is 0 Å². The molecule has 0 aliphatic heterocycles. The van der Waals surface area contributed by atoms with Gasteiger partial charge >= 0.3 is 17.9 Å². The van der Waals surface area contributed by atoms with E-state index >= 15 is 0 Å². The molecule has 0 aromatic carbocycles. The Kier molecular flexibility index (Phi) is 39.8. The van der Waals surface area contributed by atoms with E-state index in [2.05, 4.69) is 87.6 Å². The summed E-state index contributed by atoms with van der Waals surface area (Å²) in [5.74, 6) is -1.09. The SMILES string of the molecule is CC\C=C/C=C\C=C/C=C\C=C/CCCC(=O)OCC(COC(=O)CCCC/C=C\C/C=C\C/C=C\CC)OC(=O)CCCCCCC\C=C/C=C\C=C/CC. The van der Waals surface area contributed by atoms with E-state index in [0.717, 1.165) is 89.9 Å². The highest BCUT2D eigenvalue weighted by atomic mass is 16.6. The average molecular weight is 771 g/mol. The Bertz CT molecular complexity index is 1300. The predicted molar refractivity (Wildman–Crippen MR) is 237 cm³/mol.